The number of halogens is 1. The molecule has 0 aliphatic carbocycles. The predicted octanol–water partition coefficient (Wildman–Crippen LogP) is 2.89. The van der Waals surface area contributed by atoms with Crippen molar-refractivity contribution in [1.82, 2.24) is 15.1 Å². The van der Waals surface area contributed by atoms with Crippen LogP contribution in [0.3, 0.4) is 0 Å². The standard InChI is InChI=1S/C15H20ClN3O/c1-10-15(16)14(19(3)18-10)9-13(17-2)11-5-7-12(20-4)8-6-11/h5-8,13,17H,9H2,1-4H3. The third-order valence-corrected chi connectivity index (χ3v) is 4.02. The molecule has 1 N–H and O–H groups in total. The van der Waals surface area contributed by atoms with Crippen molar-refractivity contribution >= 4 is 11.6 Å². The maximum atomic E-state index is 6.32. The molecule has 1 atom stereocenters. The van der Waals surface area contributed by atoms with E-state index in [9.17, 15) is 0 Å². The number of aromatic nitrogens is 2. The average molecular weight is 294 g/mol. The van der Waals surface area contributed by atoms with Gasteiger partial charge in [0.1, 0.15) is 5.75 Å². The normalized spacial score (nSPS) is 12.4. The first kappa shape index (κ1) is 14.9. The van der Waals surface area contributed by atoms with Crippen LogP contribution in [0.5, 0.6) is 5.75 Å². The summed E-state index contributed by atoms with van der Waals surface area (Å²) >= 11 is 6.32. The third-order valence-electron chi connectivity index (χ3n) is 3.53. The first-order valence-corrected chi connectivity index (χ1v) is 6.93. The summed E-state index contributed by atoms with van der Waals surface area (Å²) in [5.74, 6) is 0.859. The molecule has 0 fully saturated rings. The molecule has 0 aliphatic rings. The number of nitrogens with one attached hydrogen (secondary N) is 1. The van der Waals surface area contributed by atoms with Crippen LogP contribution in [-0.4, -0.2) is 23.9 Å². The molecule has 0 aliphatic heterocycles. The highest BCUT2D eigenvalue weighted by Gasteiger charge is 2.17. The second kappa shape index (κ2) is 6.29. The second-order valence-corrected chi connectivity index (χ2v) is 5.17. The highest BCUT2D eigenvalue weighted by molar-refractivity contribution is 6.31. The fourth-order valence-electron chi connectivity index (χ4n) is 2.32. The summed E-state index contributed by atoms with van der Waals surface area (Å²) in [7, 11) is 5.55. The zero-order valence-corrected chi connectivity index (χ0v) is 13.0. The van der Waals surface area contributed by atoms with E-state index < -0.39 is 0 Å². The molecule has 1 heterocycles. The van der Waals surface area contributed by atoms with Gasteiger partial charge >= 0.3 is 0 Å². The van der Waals surface area contributed by atoms with E-state index in [4.69, 9.17) is 16.3 Å². The SMILES string of the molecule is CNC(Cc1c(Cl)c(C)nn1C)c1ccc(OC)cc1. The van der Waals surface area contributed by atoms with Crippen LogP contribution in [0.2, 0.25) is 5.02 Å². The van der Waals surface area contributed by atoms with E-state index >= 15 is 0 Å². The number of rotatable bonds is 5. The number of aryl methyl sites for hydroxylation is 2. The Hall–Kier alpha value is -1.52. The Morgan fingerprint density at radius 1 is 1.35 bits per heavy atom. The molecule has 0 spiro atoms. The smallest absolute Gasteiger partial charge is 0.118 e. The van der Waals surface area contributed by atoms with E-state index in [0.717, 1.165) is 28.6 Å². The number of hydrogen-bond donors (Lipinski definition) is 1. The number of methoxy groups -OCH3 is 1. The fraction of sp³-hybridized carbons (Fsp3) is 0.400. The Kier molecular flexibility index (Phi) is 4.68. The number of likely N-dealkylation sites (N-methyl/N-ethyl adjacent to an activating group) is 1. The second-order valence-electron chi connectivity index (χ2n) is 4.79. The molecule has 1 aromatic heterocycles. The minimum atomic E-state index is 0.188. The summed E-state index contributed by atoms with van der Waals surface area (Å²) in [6, 6.07) is 8.26. The van der Waals surface area contributed by atoms with Crippen LogP contribution in [0.15, 0.2) is 24.3 Å². The first-order valence-electron chi connectivity index (χ1n) is 6.56. The minimum Gasteiger partial charge on any atom is -0.497 e. The zero-order chi connectivity index (χ0) is 14.7. The van der Waals surface area contributed by atoms with Crippen LogP contribution in [0.25, 0.3) is 0 Å². The van der Waals surface area contributed by atoms with Gasteiger partial charge in [-0.25, -0.2) is 0 Å². The van der Waals surface area contributed by atoms with Crippen molar-refractivity contribution < 1.29 is 4.74 Å². The molecule has 2 rings (SSSR count). The molecule has 108 valence electrons. The lowest BCUT2D eigenvalue weighted by molar-refractivity contribution is 0.414. The van der Waals surface area contributed by atoms with Gasteiger partial charge in [-0.3, -0.25) is 4.68 Å². The fourth-order valence-corrected chi connectivity index (χ4v) is 2.56. The molecule has 2 aromatic rings. The van der Waals surface area contributed by atoms with E-state index in [-0.39, 0.29) is 6.04 Å². The van der Waals surface area contributed by atoms with Gasteiger partial charge in [-0.05, 0) is 31.7 Å². The van der Waals surface area contributed by atoms with Crippen molar-refractivity contribution in [3.05, 3.63) is 46.2 Å². The summed E-state index contributed by atoms with van der Waals surface area (Å²) in [4.78, 5) is 0. The molecular formula is C15H20ClN3O. The van der Waals surface area contributed by atoms with Crippen molar-refractivity contribution in [2.24, 2.45) is 7.05 Å². The van der Waals surface area contributed by atoms with Gasteiger partial charge in [0.25, 0.3) is 0 Å². The summed E-state index contributed by atoms with van der Waals surface area (Å²) < 4.78 is 7.04. The molecule has 0 bridgehead atoms. The largest absolute Gasteiger partial charge is 0.497 e. The van der Waals surface area contributed by atoms with Gasteiger partial charge < -0.3 is 10.1 Å². The van der Waals surface area contributed by atoms with Crippen molar-refractivity contribution in [1.29, 1.82) is 0 Å². The lowest BCUT2D eigenvalue weighted by atomic mass is 10.0. The Balaban J connectivity index is 2.23. The zero-order valence-electron chi connectivity index (χ0n) is 12.3. The number of benzene rings is 1. The van der Waals surface area contributed by atoms with Crippen molar-refractivity contribution in [3.63, 3.8) is 0 Å². The maximum absolute atomic E-state index is 6.32. The highest BCUT2D eigenvalue weighted by Crippen LogP contribution is 2.26. The lowest BCUT2D eigenvalue weighted by Crippen LogP contribution is -2.20. The lowest BCUT2D eigenvalue weighted by Gasteiger charge is -2.17. The molecule has 1 aromatic carbocycles. The summed E-state index contributed by atoms with van der Waals surface area (Å²) in [5.41, 5.74) is 3.11. The number of nitrogens with zero attached hydrogens (tertiary/aromatic N) is 2. The van der Waals surface area contributed by atoms with Gasteiger partial charge in [-0.15, -0.1) is 0 Å². The molecular weight excluding hydrogens is 274 g/mol. The van der Waals surface area contributed by atoms with Crippen molar-refractivity contribution in [2.75, 3.05) is 14.2 Å². The molecule has 20 heavy (non-hydrogen) atoms. The third kappa shape index (κ3) is 2.97. The monoisotopic (exact) mass is 293 g/mol. The van der Waals surface area contributed by atoms with Crippen LogP contribution < -0.4 is 10.1 Å². The molecule has 1 unspecified atom stereocenters. The van der Waals surface area contributed by atoms with E-state index in [2.05, 4.69) is 22.5 Å². The van der Waals surface area contributed by atoms with E-state index in [1.165, 1.54) is 5.56 Å². The average Bonchev–Trinajstić information content (AvgIpc) is 2.70. The van der Waals surface area contributed by atoms with E-state index in [1.54, 1.807) is 7.11 Å². The Labute approximate surface area is 124 Å². The van der Waals surface area contributed by atoms with Crippen LogP contribution in [0, 0.1) is 6.92 Å². The van der Waals surface area contributed by atoms with Gasteiger partial charge in [0.15, 0.2) is 0 Å². The van der Waals surface area contributed by atoms with E-state index in [0.29, 0.717) is 0 Å². The van der Waals surface area contributed by atoms with Gasteiger partial charge in [-0.1, -0.05) is 23.7 Å². The van der Waals surface area contributed by atoms with Gasteiger partial charge in [0.05, 0.1) is 23.5 Å². The molecule has 5 heteroatoms. The quantitative estimate of drug-likeness (QED) is 0.921. The molecule has 0 saturated heterocycles. The molecule has 4 nitrogen and oxygen atoms in total. The summed E-state index contributed by atoms with van der Waals surface area (Å²) in [5, 5.41) is 8.43. The van der Waals surface area contributed by atoms with Crippen molar-refractivity contribution in [2.45, 2.75) is 19.4 Å². The Bertz CT molecular complexity index is 578. The van der Waals surface area contributed by atoms with Gasteiger partial charge in [-0.2, -0.15) is 5.10 Å². The highest BCUT2D eigenvalue weighted by atomic mass is 35.5. The summed E-state index contributed by atoms with van der Waals surface area (Å²) in [6.07, 6.45) is 0.791. The van der Waals surface area contributed by atoms with Crippen LogP contribution in [0.1, 0.15) is 23.0 Å². The predicted molar refractivity (Wildman–Crippen MR) is 81.5 cm³/mol. The number of ether oxygens (including phenoxy) is 1. The molecule has 0 saturated carbocycles. The van der Waals surface area contributed by atoms with Gasteiger partial charge in [0.2, 0.25) is 0 Å². The van der Waals surface area contributed by atoms with Crippen LogP contribution in [-0.2, 0) is 13.5 Å². The maximum Gasteiger partial charge on any atom is 0.118 e. The van der Waals surface area contributed by atoms with E-state index in [1.807, 2.05) is 37.8 Å². The topological polar surface area (TPSA) is 39.1 Å². The molecule has 0 radical (unpaired) electrons. The minimum absolute atomic E-state index is 0.188. The van der Waals surface area contributed by atoms with Crippen LogP contribution in [0.4, 0.5) is 0 Å². The first-order chi connectivity index (χ1) is 9.56. The summed E-state index contributed by atoms with van der Waals surface area (Å²) in [6.45, 7) is 1.92. The number of hydrogen-bond acceptors (Lipinski definition) is 3. The van der Waals surface area contributed by atoms with Crippen molar-refractivity contribution in [3.8, 4) is 5.75 Å². The van der Waals surface area contributed by atoms with Gasteiger partial charge in [0, 0.05) is 19.5 Å². The Morgan fingerprint density at radius 3 is 2.45 bits per heavy atom. The molecule has 0 amide bonds. The van der Waals surface area contributed by atoms with Crippen LogP contribution >= 0.6 is 11.6 Å². The Morgan fingerprint density at radius 2 is 2.00 bits per heavy atom.